The molecule has 2 aliphatic rings. The average molecular weight is 512 g/mol. The molecule has 0 unspecified atom stereocenters. The molecular weight excluding hydrogens is 482 g/mol. The Kier molecular flexibility index (Phi) is 8.13. The fourth-order valence-electron chi connectivity index (χ4n) is 4.15. The fourth-order valence-corrected chi connectivity index (χ4v) is 4.83. The number of ether oxygens (including phenoxy) is 1. The molecule has 2 aromatic carbocycles. The van der Waals surface area contributed by atoms with Gasteiger partial charge in [-0.15, -0.1) is 0 Å². The summed E-state index contributed by atoms with van der Waals surface area (Å²) in [5, 5.41) is 0. The fraction of sp³-hybridized carbons (Fsp3) is 0.233. The Bertz CT molecular complexity index is 1490. The van der Waals surface area contributed by atoms with Gasteiger partial charge in [-0.3, -0.25) is 14.7 Å². The molecule has 0 atom stereocenters. The number of fused-ring (bicyclic) bond motifs is 2. The van der Waals surface area contributed by atoms with Crippen molar-refractivity contribution >= 4 is 22.9 Å². The molecule has 0 saturated heterocycles. The highest BCUT2D eigenvalue weighted by atomic mass is 32.2. The average Bonchev–Trinajstić information content (AvgIpc) is 2.91. The second-order valence-electron chi connectivity index (χ2n) is 8.78. The van der Waals surface area contributed by atoms with Gasteiger partial charge in [0.25, 0.3) is 0 Å². The van der Waals surface area contributed by atoms with Crippen LogP contribution in [0.25, 0.3) is 22.6 Å². The number of hydrogen-bond donors (Lipinski definition) is 0. The Labute approximate surface area is 220 Å². The smallest absolute Gasteiger partial charge is 0.182 e. The van der Waals surface area contributed by atoms with E-state index >= 15 is 0 Å². The highest BCUT2D eigenvalue weighted by Gasteiger charge is 2.11. The van der Waals surface area contributed by atoms with Crippen LogP contribution >= 0.6 is 11.8 Å². The molecule has 5 rings (SSSR count). The molecule has 2 heterocycles. The van der Waals surface area contributed by atoms with Crippen LogP contribution in [-0.4, -0.2) is 32.9 Å². The van der Waals surface area contributed by atoms with Crippen LogP contribution in [0.3, 0.4) is 0 Å². The van der Waals surface area contributed by atoms with Crippen molar-refractivity contribution in [3.05, 3.63) is 112 Å². The number of nitrogens with zero attached hydrogens (tertiary/aromatic N) is 3. The summed E-state index contributed by atoms with van der Waals surface area (Å²) in [5.41, 5.74) is 5.01. The van der Waals surface area contributed by atoms with Crippen LogP contribution in [0.1, 0.15) is 23.9 Å². The molecule has 0 fully saturated rings. The van der Waals surface area contributed by atoms with E-state index in [0.29, 0.717) is 34.9 Å². The van der Waals surface area contributed by atoms with Crippen molar-refractivity contribution in [3.8, 4) is 17.2 Å². The second kappa shape index (κ2) is 12.0. The summed E-state index contributed by atoms with van der Waals surface area (Å²) >= 11 is 1.96. The van der Waals surface area contributed by atoms with Crippen LogP contribution in [-0.2, 0) is 19.7 Å². The SMILES string of the molecule is CCSCCN(Cc1ccccc1)Cc1cccc(COc2ccc3nc4ccc(=O)cc-4oc3c2)n1. The zero-order valence-corrected chi connectivity index (χ0v) is 21.6. The number of hydrogen-bond acceptors (Lipinski definition) is 7. The first-order chi connectivity index (χ1) is 18.2. The van der Waals surface area contributed by atoms with E-state index in [2.05, 4.69) is 53.2 Å². The Morgan fingerprint density at radius 2 is 1.76 bits per heavy atom. The van der Waals surface area contributed by atoms with Gasteiger partial charge in [0.1, 0.15) is 23.6 Å². The van der Waals surface area contributed by atoms with Crippen LogP contribution in [0.2, 0.25) is 0 Å². The minimum absolute atomic E-state index is 0.109. The molecule has 7 heteroatoms. The number of aromatic nitrogens is 2. The van der Waals surface area contributed by atoms with Gasteiger partial charge in [0.05, 0.1) is 11.4 Å². The lowest BCUT2D eigenvalue weighted by Gasteiger charge is -2.22. The van der Waals surface area contributed by atoms with Gasteiger partial charge in [0.2, 0.25) is 0 Å². The van der Waals surface area contributed by atoms with Crippen molar-refractivity contribution < 1.29 is 9.15 Å². The van der Waals surface area contributed by atoms with E-state index in [9.17, 15) is 4.79 Å². The molecule has 6 nitrogen and oxygen atoms in total. The predicted octanol–water partition coefficient (Wildman–Crippen LogP) is 6.02. The maximum absolute atomic E-state index is 11.7. The molecule has 188 valence electrons. The topological polar surface area (TPSA) is 68.5 Å². The van der Waals surface area contributed by atoms with Gasteiger partial charge in [0, 0.05) is 37.5 Å². The Morgan fingerprint density at radius 1 is 0.892 bits per heavy atom. The first-order valence-corrected chi connectivity index (χ1v) is 13.6. The molecule has 1 aromatic heterocycles. The highest BCUT2D eigenvalue weighted by Crippen LogP contribution is 2.26. The zero-order valence-electron chi connectivity index (χ0n) is 20.8. The maximum Gasteiger partial charge on any atom is 0.182 e. The predicted molar refractivity (Wildman–Crippen MR) is 149 cm³/mol. The van der Waals surface area contributed by atoms with Gasteiger partial charge in [-0.1, -0.05) is 43.3 Å². The van der Waals surface area contributed by atoms with E-state index in [-0.39, 0.29) is 5.43 Å². The molecule has 0 saturated carbocycles. The molecule has 1 aliphatic carbocycles. The lowest BCUT2D eigenvalue weighted by Crippen LogP contribution is -2.26. The molecule has 0 bridgehead atoms. The van der Waals surface area contributed by atoms with Gasteiger partial charge in [-0.2, -0.15) is 11.8 Å². The second-order valence-corrected chi connectivity index (χ2v) is 10.2. The molecule has 3 aromatic rings. The molecule has 0 N–H and O–H groups in total. The first-order valence-electron chi connectivity index (χ1n) is 12.4. The Balaban J connectivity index is 1.27. The zero-order chi connectivity index (χ0) is 25.5. The Hall–Kier alpha value is -3.68. The monoisotopic (exact) mass is 511 g/mol. The first kappa shape index (κ1) is 25.0. The van der Waals surface area contributed by atoms with Gasteiger partial charge in [-0.25, -0.2) is 4.98 Å². The molecular formula is C30H29N3O3S. The van der Waals surface area contributed by atoms with Crippen LogP contribution in [0.4, 0.5) is 0 Å². The quantitative estimate of drug-likeness (QED) is 0.159. The van der Waals surface area contributed by atoms with Gasteiger partial charge < -0.3 is 9.15 Å². The standard InChI is InChI=1S/C30H29N3O3S/c1-2-37-16-15-33(19-22-7-4-3-5-8-22)20-23-9-6-10-24(31-23)21-35-26-12-14-28-30(18-26)36-29-17-25(34)11-13-27(29)32-28/h3-14,17-18H,2,15-16,19-21H2,1H3. The van der Waals surface area contributed by atoms with Crippen LogP contribution in [0, 0.1) is 0 Å². The van der Waals surface area contributed by atoms with Crippen molar-refractivity contribution in [3.63, 3.8) is 0 Å². The van der Waals surface area contributed by atoms with Gasteiger partial charge in [-0.05, 0) is 47.7 Å². The normalized spacial score (nSPS) is 11.4. The van der Waals surface area contributed by atoms with E-state index < -0.39 is 0 Å². The summed E-state index contributed by atoms with van der Waals surface area (Å²) in [4.78, 5) is 23.6. The summed E-state index contributed by atoms with van der Waals surface area (Å²) in [6, 6.07) is 26.8. The number of thioether (sulfide) groups is 1. The maximum atomic E-state index is 11.7. The van der Waals surface area contributed by atoms with E-state index in [1.54, 1.807) is 12.1 Å². The van der Waals surface area contributed by atoms with Crippen molar-refractivity contribution in [1.82, 2.24) is 14.9 Å². The molecule has 1 aliphatic heterocycles. The minimum Gasteiger partial charge on any atom is -0.487 e. The van der Waals surface area contributed by atoms with Gasteiger partial charge in [0.15, 0.2) is 16.8 Å². The third-order valence-corrected chi connectivity index (χ3v) is 6.84. The molecule has 0 radical (unpaired) electrons. The summed E-state index contributed by atoms with van der Waals surface area (Å²) < 4.78 is 11.9. The summed E-state index contributed by atoms with van der Waals surface area (Å²) in [6.07, 6.45) is 0. The molecule has 37 heavy (non-hydrogen) atoms. The van der Waals surface area contributed by atoms with E-state index in [1.165, 1.54) is 17.7 Å². The third-order valence-electron chi connectivity index (χ3n) is 5.97. The lowest BCUT2D eigenvalue weighted by molar-refractivity contribution is 0.268. The largest absolute Gasteiger partial charge is 0.487 e. The molecule has 0 spiro atoms. The third kappa shape index (κ3) is 6.76. The number of benzene rings is 3. The van der Waals surface area contributed by atoms with Crippen LogP contribution in [0.15, 0.2) is 94.1 Å². The van der Waals surface area contributed by atoms with Crippen molar-refractivity contribution in [2.24, 2.45) is 0 Å². The minimum atomic E-state index is -0.109. The Morgan fingerprint density at radius 3 is 2.62 bits per heavy atom. The summed E-state index contributed by atoms with van der Waals surface area (Å²) in [5.74, 6) is 3.34. The van der Waals surface area contributed by atoms with Crippen LogP contribution in [0.5, 0.6) is 5.75 Å². The summed E-state index contributed by atoms with van der Waals surface area (Å²) in [6.45, 7) is 5.22. The van der Waals surface area contributed by atoms with Crippen molar-refractivity contribution in [1.29, 1.82) is 0 Å². The molecule has 0 amide bonds. The number of pyridine rings is 1. The van der Waals surface area contributed by atoms with E-state index in [0.717, 1.165) is 42.5 Å². The van der Waals surface area contributed by atoms with Gasteiger partial charge >= 0.3 is 0 Å². The van der Waals surface area contributed by atoms with Crippen molar-refractivity contribution in [2.75, 3.05) is 18.1 Å². The van der Waals surface area contributed by atoms with E-state index in [4.69, 9.17) is 14.1 Å². The van der Waals surface area contributed by atoms with E-state index in [1.807, 2.05) is 36.0 Å². The summed E-state index contributed by atoms with van der Waals surface area (Å²) in [7, 11) is 0. The van der Waals surface area contributed by atoms with Crippen molar-refractivity contribution in [2.45, 2.75) is 26.6 Å². The lowest BCUT2D eigenvalue weighted by atomic mass is 10.2. The highest BCUT2D eigenvalue weighted by molar-refractivity contribution is 7.99. The number of rotatable bonds is 11. The van der Waals surface area contributed by atoms with Crippen LogP contribution < -0.4 is 10.2 Å².